The number of nitrogens with zero attached hydrogens (tertiary/aromatic N) is 3. The van der Waals surface area contributed by atoms with Gasteiger partial charge in [-0.2, -0.15) is 4.98 Å². The Bertz CT molecular complexity index is 886. The molecule has 0 bridgehead atoms. The molecule has 0 saturated carbocycles. The molecule has 0 unspecified atom stereocenters. The fraction of sp³-hybridized carbons (Fsp3) is 0.0588. The molecule has 2 heterocycles. The zero-order valence-corrected chi connectivity index (χ0v) is 13.0. The minimum absolute atomic E-state index is 0.119. The summed E-state index contributed by atoms with van der Waals surface area (Å²) < 4.78 is 0. The fourth-order valence-electron chi connectivity index (χ4n) is 2.12. The fourth-order valence-corrected chi connectivity index (χ4v) is 2.12. The normalized spacial score (nSPS) is 10.2. The predicted molar refractivity (Wildman–Crippen MR) is 92.8 cm³/mol. The number of aromatic nitrogens is 3. The molecule has 0 amide bonds. The second-order valence-electron chi connectivity index (χ2n) is 5.10. The molecule has 0 saturated heterocycles. The van der Waals surface area contributed by atoms with Crippen molar-refractivity contribution in [3.63, 3.8) is 0 Å². The molecule has 0 aliphatic heterocycles. The highest BCUT2D eigenvalue weighted by Gasteiger charge is 2.09. The lowest BCUT2D eigenvalue weighted by Crippen LogP contribution is -2.15. The first kappa shape index (κ1) is 16.2. The van der Waals surface area contributed by atoms with Crippen LogP contribution in [0.1, 0.15) is 0 Å². The first-order chi connectivity index (χ1) is 12.1. The smallest absolute Gasteiger partial charge is 0.322 e. The Morgan fingerprint density at radius 2 is 1.92 bits per heavy atom. The van der Waals surface area contributed by atoms with Crippen molar-refractivity contribution in [1.82, 2.24) is 15.0 Å². The number of aromatic hydroxyl groups is 1. The van der Waals surface area contributed by atoms with Gasteiger partial charge in [-0.15, -0.1) is 0 Å². The van der Waals surface area contributed by atoms with Crippen molar-refractivity contribution in [2.45, 2.75) is 0 Å². The Morgan fingerprint density at radius 1 is 1.04 bits per heavy atom. The second kappa shape index (κ2) is 7.26. The van der Waals surface area contributed by atoms with Crippen LogP contribution in [0.3, 0.4) is 0 Å². The maximum Gasteiger partial charge on any atom is 0.322 e. The van der Waals surface area contributed by atoms with Crippen LogP contribution in [0.15, 0.2) is 54.7 Å². The number of carbonyl (C=O) groups is 1. The van der Waals surface area contributed by atoms with E-state index in [4.69, 9.17) is 5.11 Å². The number of aliphatic carboxylic acids is 1. The molecule has 0 atom stereocenters. The summed E-state index contributed by atoms with van der Waals surface area (Å²) >= 11 is 0. The molecule has 0 aliphatic rings. The molecule has 0 aliphatic carbocycles. The van der Waals surface area contributed by atoms with E-state index < -0.39 is 5.97 Å². The summed E-state index contributed by atoms with van der Waals surface area (Å²) in [6.45, 7) is -0.308. The van der Waals surface area contributed by atoms with Crippen LogP contribution >= 0.6 is 0 Å². The molecule has 0 fully saturated rings. The van der Waals surface area contributed by atoms with Crippen LogP contribution in [-0.2, 0) is 4.79 Å². The monoisotopic (exact) mass is 337 g/mol. The van der Waals surface area contributed by atoms with Crippen molar-refractivity contribution in [3.05, 3.63) is 54.7 Å². The molecule has 126 valence electrons. The summed E-state index contributed by atoms with van der Waals surface area (Å²) in [4.78, 5) is 23.6. The van der Waals surface area contributed by atoms with Crippen LogP contribution in [0.25, 0.3) is 11.4 Å². The zero-order chi connectivity index (χ0) is 17.6. The molecule has 8 nitrogen and oxygen atoms in total. The van der Waals surface area contributed by atoms with Crippen molar-refractivity contribution >= 4 is 23.4 Å². The quantitative estimate of drug-likeness (QED) is 0.541. The van der Waals surface area contributed by atoms with Crippen LogP contribution in [0.4, 0.5) is 17.5 Å². The minimum atomic E-state index is -1.02. The summed E-state index contributed by atoms with van der Waals surface area (Å²) in [6, 6.07) is 13.7. The molecule has 25 heavy (non-hydrogen) atoms. The summed E-state index contributed by atoms with van der Waals surface area (Å²) in [6.07, 6.45) is 1.64. The highest BCUT2D eigenvalue weighted by Crippen LogP contribution is 2.23. The number of hydrogen-bond acceptors (Lipinski definition) is 7. The highest BCUT2D eigenvalue weighted by atomic mass is 16.4. The maximum absolute atomic E-state index is 10.8. The number of pyridine rings is 1. The average Bonchev–Trinajstić information content (AvgIpc) is 2.60. The van der Waals surface area contributed by atoms with Gasteiger partial charge in [-0.1, -0.05) is 12.1 Å². The molecular formula is C17H15N5O3. The molecule has 8 heteroatoms. The van der Waals surface area contributed by atoms with Gasteiger partial charge in [0.15, 0.2) is 0 Å². The Labute approximate surface area is 143 Å². The Morgan fingerprint density at radius 3 is 2.64 bits per heavy atom. The molecule has 3 aromatic rings. The molecule has 3 rings (SSSR count). The molecule has 4 N–H and O–H groups in total. The third kappa shape index (κ3) is 4.41. The number of rotatable bonds is 6. The standard InChI is InChI=1S/C17H15N5O3/c23-12-5-3-4-11(8-12)20-15-9-14(13-6-1-2-7-18-13)21-17(22-15)19-10-16(24)25/h1-9,23H,10H2,(H,24,25)(H2,19,20,21,22). The van der Waals surface area contributed by atoms with Crippen LogP contribution < -0.4 is 10.6 Å². The SMILES string of the molecule is O=C(O)CNc1nc(Nc2cccc(O)c2)cc(-c2ccccn2)n1. The number of benzene rings is 1. The lowest BCUT2D eigenvalue weighted by Gasteiger charge is -2.10. The number of hydrogen-bond donors (Lipinski definition) is 4. The third-order valence-corrected chi connectivity index (χ3v) is 3.17. The molecule has 0 spiro atoms. The van der Waals surface area contributed by atoms with E-state index in [9.17, 15) is 9.90 Å². The molecule has 0 radical (unpaired) electrons. The van der Waals surface area contributed by atoms with Crippen molar-refractivity contribution < 1.29 is 15.0 Å². The van der Waals surface area contributed by atoms with Gasteiger partial charge in [-0.3, -0.25) is 9.78 Å². The van der Waals surface area contributed by atoms with Gasteiger partial charge in [0.2, 0.25) is 5.95 Å². The Hall–Kier alpha value is -3.68. The van der Waals surface area contributed by atoms with Crippen LogP contribution in [-0.4, -0.2) is 37.7 Å². The summed E-state index contributed by atoms with van der Waals surface area (Å²) in [5, 5.41) is 24.1. The summed E-state index contributed by atoms with van der Waals surface area (Å²) in [5.41, 5.74) is 1.79. The summed E-state index contributed by atoms with van der Waals surface area (Å²) in [7, 11) is 0. The van der Waals surface area contributed by atoms with Gasteiger partial charge in [0, 0.05) is 24.0 Å². The van der Waals surface area contributed by atoms with Crippen molar-refractivity contribution in [1.29, 1.82) is 0 Å². The van der Waals surface area contributed by atoms with Crippen molar-refractivity contribution in [3.8, 4) is 17.1 Å². The number of phenolic OH excluding ortho intramolecular Hbond substituents is 1. The second-order valence-corrected chi connectivity index (χ2v) is 5.10. The molecule has 2 aromatic heterocycles. The largest absolute Gasteiger partial charge is 0.508 e. The van der Waals surface area contributed by atoms with E-state index in [1.807, 2.05) is 6.07 Å². The van der Waals surface area contributed by atoms with Gasteiger partial charge in [-0.05, 0) is 24.3 Å². The van der Waals surface area contributed by atoms with Gasteiger partial charge in [-0.25, -0.2) is 4.98 Å². The first-order valence-corrected chi connectivity index (χ1v) is 7.42. The van der Waals surface area contributed by atoms with Gasteiger partial charge in [0.25, 0.3) is 0 Å². The molecular weight excluding hydrogens is 322 g/mol. The number of carboxylic acids is 1. The van der Waals surface area contributed by atoms with E-state index in [0.717, 1.165) is 0 Å². The van der Waals surface area contributed by atoms with Crippen LogP contribution in [0.5, 0.6) is 5.75 Å². The maximum atomic E-state index is 10.8. The van der Waals surface area contributed by atoms with Gasteiger partial charge in [0.05, 0.1) is 11.4 Å². The van der Waals surface area contributed by atoms with Gasteiger partial charge in [0.1, 0.15) is 18.1 Å². The van der Waals surface area contributed by atoms with E-state index in [-0.39, 0.29) is 18.2 Å². The van der Waals surface area contributed by atoms with E-state index >= 15 is 0 Å². The number of anilines is 3. The number of carboxylic acid groups (broad SMARTS) is 1. The van der Waals surface area contributed by atoms with Gasteiger partial charge < -0.3 is 20.8 Å². The summed E-state index contributed by atoms with van der Waals surface area (Å²) in [5.74, 6) is -0.301. The van der Waals surface area contributed by atoms with E-state index in [1.54, 1.807) is 48.7 Å². The lowest BCUT2D eigenvalue weighted by molar-refractivity contribution is -0.134. The first-order valence-electron chi connectivity index (χ1n) is 7.42. The van der Waals surface area contributed by atoms with Crippen LogP contribution in [0.2, 0.25) is 0 Å². The number of phenols is 1. The zero-order valence-electron chi connectivity index (χ0n) is 13.0. The lowest BCUT2D eigenvalue weighted by atomic mass is 10.2. The predicted octanol–water partition coefficient (Wildman–Crippen LogP) is 2.48. The van der Waals surface area contributed by atoms with Crippen molar-refractivity contribution in [2.24, 2.45) is 0 Å². The third-order valence-electron chi connectivity index (χ3n) is 3.17. The number of nitrogens with one attached hydrogen (secondary N) is 2. The topological polar surface area (TPSA) is 120 Å². The Balaban J connectivity index is 1.95. The van der Waals surface area contributed by atoms with E-state index in [1.165, 1.54) is 0 Å². The highest BCUT2D eigenvalue weighted by molar-refractivity contribution is 5.72. The van der Waals surface area contributed by atoms with Crippen LogP contribution in [0, 0.1) is 0 Å². The van der Waals surface area contributed by atoms with Crippen molar-refractivity contribution in [2.75, 3.05) is 17.2 Å². The molecule has 1 aromatic carbocycles. The average molecular weight is 337 g/mol. The minimum Gasteiger partial charge on any atom is -0.508 e. The van der Waals surface area contributed by atoms with E-state index in [2.05, 4.69) is 25.6 Å². The van der Waals surface area contributed by atoms with Gasteiger partial charge >= 0.3 is 5.97 Å². The Kier molecular flexibility index (Phi) is 4.70. The van der Waals surface area contributed by atoms with E-state index in [0.29, 0.717) is 22.9 Å².